The van der Waals surface area contributed by atoms with Crippen LogP contribution >= 0.6 is 11.6 Å². The molecule has 2 aromatic rings. The average Bonchev–Trinajstić information content (AvgIpc) is 2.76. The summed E-state index contributed by atoms with van der Waals surface area (Å²) < 4.78 is 2.12. The lowest BCUT2D eigenvalue weighted by atomic mass is 10.1. The van der Waals surface area contributed by atoms with Gasteiger partial charge < -0.3 is 9.67 Å². The van der Waals surface area contributed by atoms with Gasteiger partial charge in [-0.3, -0.25) is 4.79 Å². The molecule has 1 fully saturated rings. The van der Waals surface area contributed by atoms with Crippen molar-refractivity contribution < 1.29 is 9.90 Å². The molecule has 1 aromatic carbocycles. The fourth-order valence-corrected chi connectivity index (χ4v) is 3.59. The molecule has 2 unspecified atom stereocenters. The molecule has 1 saturated carbocycles. The minimum atomic E-state index is -0.745. The maximum Gasteiger partial charge on any atom is 0.307 e. The number of halogens is 1. The summed E-state index contributed by atoms with van der Waals surface area (Å²) in [5.74, 6) is -0.309. The number of aliphatic carboxylic acids is 1. The molecule has 3 rings (SSSR count). The van der Waals surface area contributed by atoms with Crippen molar-refractivity contribution in [3.63, 3.8) is 0 Å². The Morgan fingerprint density at radius 3 is 2.62 bits per heavy atom. The number of aromatic nitrogens is 2. The van der Waals surface area contributed by atoms with Gasteiger partial charge in [0.05, 0.1) is 17.0 Å². The molecule has 5 heteroatoms. The lowest BCUT2D eigenvalue weighted by Crippen LogP contribution is -2.08. The van der Waals surface area contributed by atoms with E-state index in [1.165, 1.54) is 0 Å². The predicted octanol–water partition coefficient (Wildman–Crippen LogP) is 4.09. The molecular weight excluding hydrogens is 288 g/mol. The summed E-state index contributed by atoms with van der Waals surface area (Å²) in [6.07, 6.45) is 0. The molecule has 2 atom stereocenters. The second-order valence-corrected chi connectivity index (χ2v) is 7.12. The normalized spacial score (nSPS) is 23.7. The summed E-state index contributed by atoms with van der Waals surface area (Å²) in [7, 11) is 0. The average molecular weight is 307 g/mol. The van der Waals surface area contributed by atoms with Crippen LogP contribution in [-0.2, 0) is 4.79 Å². The van der Waals surface area contributed by atoms with Crippen molar-refractivity contribution in [1.29, 1.82) is 0 Å². The van der Waals surface area contributed by atoms with Gasteiger partial charge in [0.2, 0.25) is 0 Å². The molecule has 1 aliphatic carbocycles. The number of benzene rings is 1. The highest BCUT2D eigenvalue weighted by Gasteiger charge is 2.64. The zero-order valence-corrected chi connectivity index (χ0v) is 13.3. The minimum Gasteiger partial charge on any atom is -0.481 e. The second kappa shape index (κ2) is 4.47. The minimum absolute atomic E-state index is 0.0522. The van der Waals surface area contributed by atoms with Crippen LogP contribution in [0.3, 0.4) is 0 Å². The van der Waals surface area contributed by atoms with Crippen molar-refractivity contribution in [2.75, 3.05) is 0 Å². The Hall–Kier alpha value is -1.55. The van der Waals surface area contributed by atoms with Gasteiger partial charge in [-0.05, 0) is 37.5 Å². The Morgan fingerprint density at radius 2 is 2.10 bits per heavy atom. The zero-order chi connectivity index (χ0) is 15.5. The van der Waals surface area contributed by atoms with Crippen molar-refractivity contribution in [2.45, 2.75) is 39.7 Å². The highest BCUT2D eigenvalue weighted by Crippen LogP contribution is 2.64. The first-order valence-corrected chi connectivity index (χ1v) is 7.53. The lowest BCUT2D eigenvalue weighted by molar-refractivity contribution is -0.139. The Morgan fingerprint density at radius 1 is 1.43 bits per heavy atom. The third kappa shape index (κ3) is 2.04. The summed E-state index contributed by atoms with van der Waals surface area (Å²) in [5.41, 5.74) is 1.58. The van der Waals surface area contributed by atoms with Crippen molar-refractivity contribution >= 4 is 28.6 Å². The number of carbonyl (C=O) groups is 1. The van der Waals surface area contributed by atoms with E-state index in [9.17, 15) is 9.90 Å². The number of carboxylic acid groups (broad SMARTS) is 1. The maximum absolute atomic E-state index is 11.5. The van der Waals surface area contributed by atoms with Gasteiger partial charge in [-0.2, -0.15) is 0 Å². The third-order valence-electron chi connectivity index (χ3n) is 4.57. The molecule has 1 N–H and O–H groups in total. The SMILES string of the molecule is CC(C)n1c(C2C(C(=O)O)C2(C)C)nc2ccc(Cl)cc21. The number of imidazole rings is 1. The highest BCUT2D eigenvalue weighted by atomic mass is 35.5. The first-order chi connectivity index (χ1) is 9.75. The van der Waals surface area contributed by atoms with E-state index in [-0.39, 0.29) is 23.3 Å². The van der Waals surface area contributed by atoms with Crippen LogP contribution in [0.1, 0.15) is 45.5 Å². The summed E-state index contributed by atoms with van der Waals surface area (Å²) in [5, 5.41) is 10.1. The summed E-state index contributed by atoms with van der Waals surface area (Å²) >= 11 is 6.10. The zero-order valence-electron chi connectivity index (χ0n) is 12.6. The van der Waals surface area contributed by atoms with Gasteiger partial charge in [0.1, 0.15) is 5.82 Å². The van der Waals surface area contributed by atoms with E-state index in [2.05, 4.69) is 18.4 Å². The van der Waals surface area contributed by atoms with Gasteiger partial charge >= 0.3 is 5.97 Å². The summed E-state index contributed by atoms with van der Waals surface area (Å²) in [4.78, 5) is 16.2. The quantitative estimate of drug-likeness (QED) is 0.929. The van der Waals surface area contributed by atoms with Crippen molar-refractivity contribution in [3.05, 3.63) is 29.0 Å². The summed E-state index contributed by atoms with van der Waals surface area (Å²) in [6.45, 7) is 8.15. The third-order valence-corrected chi connectivity index (χ3v) is 4.80. The van der Waals surface area contributed by atoms with E-state index in [1.54, 1.807) is 0 Å². The van der Waals surface area contributed by atoms with E-state index in [1.807, 2.05) is 32.0 Å². The first kappa shape index (κ1) is 14.4. The van der Waals surface area contributed by atoms with Crippen molar-refractivity contribution in [3.8, 4) is 0 Å². The Labute approximate surface area is 128 Å². The van der Waals surface area contributed by atoms with E-state index in [0.29, 0.717) is 5.02 Å². The molecule has 112 valence electrons. The fraction of sp³-hybridized carbons (Fsp3) is 0.500. The molecular formula is C16H19ClN2O2. The molecule has 0 amide bonds. The summed E-state index contributed by atoms with van der Waals surface area (Å²) in [6, 6.07) is 5.82. The molecule has 1 aromatic heterocycles. The van der Waals surface area contributed by atoms with Crippen molar-refractivity contribution in [2.24, 2.45) is 11.3 Å². The molecule has 1 aliphatic rings. The number of rotatable bonds is 3. The first-order valence-electron chi connectivity index (χ1n) is 7.15. The van der Waals surface area contributed by atoms with E-state index >= 15 is 0 Å². The molecule has 0 radical (unpaired) electrons. The van der Waals surface area contributed by atoms with Gasteiger partial charge in [0.15, 0.2) is 0 Å². The molecule has 1 heterocycles. The fourth-order valence-electron chi connectivity index (χ4n) is 3.43. The van der Waals surface area contributed by atoms with Crippen LogP contribution in [0.15, 0.2) is 18.2 Å². The number of nitrogens with zero attached hydrogens (tertiary/aromatic N) is 2. The van der Waals surface area contributed by atoms with Crippen LogP contribution in [0.4, 0.5) is 0 Å². The van der Waals surface area contributed by atoms with Crippen LogP contribution in [-0.4, -0.2) is 20.6 Å². The van der Waals surface area contributed by atoms with Crippen molar-refractivity contribution in [1.82, 2.24) is 9.55 Å². The predicted molar refractivity (Wildman–Crippen MR) is 82.8 cm³/mol. The molecule has 0 saturated heterocycles. The van der Waals surface area contributed by atoms with Gasteiger partial charge in [-0.15, -0.1) is 0 Å². The topological polar surface area (TPSA) is 55.1 Å². The molecule has 0 spiro atoms. The Balaban J connectivity index is 2.20. The van der Waals surface area contributed by atoms with E-state index in [4.69, 9.17) is 16.6 Å². The van der Waals surface area contributed by atoms with Gasteiger partial charge in [0.25, 0.3) is 0 Å². The van der Waals surface area contributed by atoms with E-state index in [0.717, 1.165) is 16.9 Å². The van der Waals surface area contributed by atoms with Crippen LogP contribution in [0.25, 0.3) is 11.0 Å². The largest absolute Gasteiger partial charge is 0.481 e. The molecule has 0 bridgehead atoms. The monoisotopic (exact) mass is 306 g/mol. The lowest BCUT2D eigenvalue weighted by Gasteiger charge is -2.14. The molecule has 0 aliphatic heterocycles. The standard InChI is InChI=1S/C16H19ClN2O2/c1-8(2)19-11-7-9(17)5-6-10(11)18-14(19)12-13(15(20)21)16(12,3)4/h5-8,12-13H,1-4H3,(H,20,21). The smallest absolute Gasteiger partial charge is 0.307 e. The van der Waals surface area contributed by atoms with Gasteiger partial charge in [-0.25, -0.2) is 4.98 Å². The number of hydrogen-bond donors (Lipinski definition) is 1. The Kier molecular flexibility index (Phi) is 3.06. The Bertz CT molecular complexity index is 733. The van der Waals surface area contributed by atoms with Crippen LogP contribution in [0.5, 0.6) is 0 Å². The van der Waals surface area contributed by atoms with E-state index < -0.39 is 5.97 Å². The maximum atomic E-state index is 11.5. The number of fused-ring (bicyclic) bond motifs is 1. The highest BCUT2D eigenvalue weighted by molar-refractivity contribution is 6.31. The number of hydrogen-bond acceptors (Lipinski definition) is 2. The second-order valence-electron chi connectivity index (χ2n) is 6.68. The number of carboxylic acids is 1. The van der Waals surface area contributed by atoms with Crippen LogP contribution < -0.4 is 0 Å². The van der Waals surface area contributed by atoms with Gasteiger partial charge in [-0.1, -0.05) is 25.4 Å². The molecule has 21 heavy (non-hydrogen) atoms. The molecule has 4 nitrogen and oxygen atoms in total. The van der Waals surface area contributed by atoms with Crippen LogP contribution in [0, 0.1) is 11.3 Å². The van der Waals surface area contributed by atoms with Crippen LogP contribution in [0.2, 0.25) is 5.02 Å². The van der Waals surface area contributed by atoms with Gasteiger partial charge in [0, 0.05) is 17.0 Å².